The molecule has 10 heteroatoms. The van der Waals surface area contributed by atoms with Gasteiger partial charge in [-0.2, -0.15) is 0 Å². The zero-order valence-corrected chi connectivity index (χ0v) is 9.52. The van der Waals surface area contributed by atoms with E-state index < -0.39 is 43.7 Å². The maximum atomic E-state index is 11.8. The van der Waals surface area contributed by atoms with Crippen LogP contribution in [0.5, 0.6) is 0 Å². The summed E-state index contributed by atoms with van der Waals surface area (Å²) in [5.41, 5.74) is -3.08. The van der Waals surface area contributed by atoms with Gasteiger partial charge >= 0.3 is 5.97 Å². The molecule has 1 heterocycles. The molecule has 0 fully saturated rings. The van der Waals surface area contributed by atoms with Crippen LogP contribution in [0.4, 0.5) is 11.4 Å². The van der Waals surface area contributed by atoms with Gasteiger partial charge in [0.15, 0.2) is 5.43 Å². The Bertz CT molecular complexity index is 818. The Hall–Kier alpha value is -3.30. The second kappa shape index (κ2) is 4.42. The SMILES string of the molecule is O=C(O)c1cc(=O)c2c([N+](=O)[O-])cc([N+](=O)[O-])cc2[nH]1. The van der Waals surface area contributed by atoms with Gasteiger partial charge in [-0.15, -0.1) is 0 Å². The number of rotatable bonds is 3. The molecule has 0 atom stereocenters. The molecular weight excluding hydrogens is 274 g/mol. The average Bonchev–Trinajstić information content (AvgIpc) is 2.36. The van der Waals surface area contributed by atoms with Crippen molar-refractivity contribution in [3.8, 4) is 0 Å². The normalized spacial score (nSPS) is 10.4. The number of H-pyrrole nitrogens is 1. The van der Waals surface area contributed by atoms with Crippen molar-refractivity contribution in [3.05, 3.63) is 54.3 Å². The highest BCUT2D eigenvalue weighted by Gasteiger charge is 2.23. The van der Waals surface area contributed by atoms with E-state index in [2.05, 4.69) is 4.98 Å². The van der Waals surface area contributed by atoms with E-state index in [0.717, 1.165) is 6.07 Å². The number of carboxylic acid groups (broad SMARTS) is 1. The molecule has 0 amide bonds. The zero-order valence-electron chi connectivity index (χ0n) is 9.52. The average molecular weight is 279 g/mol. The van der Waals surface area contributed by atoms with Crippen molar-refractivity contribution in [1.29, 1.82) is 0 Å². The first-order valence-corrected chi connectivity index (χ1v) is 5.04. The summed E-state index contributed by atoms with van der Waals surface area (Å²) in [5.74, 6) is -1.46. The number of nitro benzene ring substituents is 2. The Kier molecular flexibility index (Phi) is 2.90. The summed E-state index contributed by atoms with van der Waals surface area (Å²) in [6.45, 7) is 0. The van der Waals surface area contributed by atoms with Gasteiger partial charge < -0.3 is 10.1 Å². The first kappa shape index (κ1) is 13.1. The number of aromatic amines is 1. The number of pyridine rings is 1. The second-order valence-electron chi connectivity index (χ2n) is 3.75. The number of hydrogen-bond donors (Lipinski definition) is 2. The van der Waals surface area contributed by atoms with Gasteiger partial charge in [-0.25, -0.2) is 4.79 Å². The molecule has 0 bridgehead atoms. The van der Waals surface area contributed by atoms with Gasteiger partial charge in [-0.3, -0.25) is 25.0 Å². The number of carbonyl (C=O) groups is 1. The van der Waals surface area contributed by atoms with Gasteiger partial charge in [-0.05, 0) is 0 Å². The Labute approximate surface area is 108 Å². The molecule has 1 aromatic carbocycles. The van der Waals surface area contributed by atoms with Crippen molar-refractivity contribution in [2.24, 2.45) is 0 Å². The summed E-state index contributed by atoms with van der Waals surface area (Å²) < 4.78 is 0. The van der Waals surface area contributed by atoms with E-state index in [0.29, 0.717) is 12.1 Å². The van der Waals surface area contributed by atoms with E-state index in [1.54, 1.807) is 0 Å². The molecule has 0 aliphatic carbocycles. The molecule has 20 heavy (non-hydrogen) atoms. The quantitative estimate of drug-likeness (QED) is 0.627. The molecular formula is C10H5N3O7. The smallest absolute Gasteiger partial charge is 0.352 e. The standard InChI is InChI=1S/C10H5N3O7/c14-8-3-6(10(15)16)11-5-1-4(12(17)18)2-7(9(5)8)13(19)20/h1-3H,(H,11,14)(H,15,16). The number of fused-ring (bicyclic) bond motifs is 1. The maximum absolute atomic E-state index is 11.8. The third-order valence-corrected chi connectivity index (χ3v) is 2.53. The second-order valence-corrected chi connectivity index (χ2v) is 3.75. The van der Waals surface area contributed by atoms with Gasteiger partial charge in [0.05, 0.1) is 21.4 Å². The van der Waals surface area contributed by atoms with Crippen LogP contribution in [-0.4, -0.2) is 25.9 Å². The van der Waals surface area contributed by atoms with Gasteiger partial charge in [0.1, 0.15) is 11.1 Å². The van der Waals surface area contributed by atoms with Crippen molar-refractivity contribution in [1.82, 2.24) is 4.98 Å². The van der Waals surface area contributed by atoms with E-state index in [1.807, 2.05) is 0 Å². The Morgan fingerprint density at radius 3 is 2.30 bits per heavy atom. The number of aromatic carboxylic acids is 1. The van der Waals surface area contributed by atoms with Crippen LogP contribution in [0.2, 0.25) is 0 Å². The van der Waals surface area contributed by atoms with E-state index in [1.165, 1.54) is 0 Å². The number of benzene rings is 1. The molecule has 0 saturated carbocycles. The number of nitro groups is 2. The van der Waals surface area contributed by atoms with E-state index in [-0.39, 0.29) is 5.52 Å². The van der Waals surface area contributed by atoms with Crippen molar-refractivity contribution in [2.75, 3.05) is 0 Å². The number of non-ortho nitro benzene ring substituents is 2. The van der Waals surface area contributed by atoms with E-state index in [4.69, 9.17) is 5.11 Å². The summed E-state index contributed by atoms with van der Waals surface area (Å²) in [4.78, 5) is 44.6. The molecule has 1 aromatic heterocycles. The molecule has 102 valence electrons. The molecule has 2 N–H and O–H groups in total. The maximum Gasteiger partial charge on any atom is 0.352 e. The van der Waals surface area contributed by atoms with Crippen LogP contribution >= 0.6 is 0 Å². The number of nitrogens with one attached hydrogen (secondary N) is 1. The Morgan fingerprint density at radius 1 is 1.15 bits per heavy atom. The minimum atomic E-state index is -1.46. The molecule has 10 nitrogen and oxygen atoms in total. The molecule has 0 unspecified atom stereocenters. The summed E-state index contributed by atoms with van der Waals surface area (Å²) in [6.07, 6.45) is 0. The highest BCUT2D eigenvalue weighted by Crippen LogP contribution is 2.27. The number of hydrogen-bond acceptors (Lipinski definition) is 6. The van der Waals surface area contributed by atoms with Gasteiger partial charge in [0.2, 0.25) is 0 Å². The van der Waals surface area contributed by atoms with Crippen molar-refractivity contribution < 1.29 is 19.7 Å². The van der Waals surface area contributed by atoms with Crippen LogP contribution in [-0.2, 0) is 0 Å². The number of carboxylic acids is 1. The molecule has 2 rings (SSSR count). The molecule has 0 aliphatic rings. The monoisotopic (exact) mass is 279 g/mol. The topological polar surface area (TPSA) is 156 Å². The van der Waals surface area contributed by atoms with Gasteiger partial charge in [0, 0.05) is 12.1 Å². The summed E-state index contributed by atoms with van der Waals surface area (Å²) >= 11 is 0. The fourth-order valence-corrected chi connectivity index (χ4v) is 1.72. The lowest BCUT2D eigenvalue weighted by molar-refractivity contribution is -0.393. The largest absolute Gasteiger partial charge is 0.477 e. The number of nitrogens with zero attached hydrogens (tertiary/aromatic N) is 2. The minimum Gasteiger partial charge on any atom is -0.477 e. The van der Waals surface area contributed by atoms with Gasteiger partial charge in [0.25, 0.3) is 11.4 Å². The van der Waals surface area contributed by atoms with Crippen molar-refractivity contribution >= 4 is 28.2 Å². The predicted molar refractivity (Wildman–Crippen MR) is 64.8 cm³/mol. The van der Waals surface area contributed by atoms with Crippen LogP contribution in [0.3, 0.4) is 0 Å². The lowest BCUT2D eigenvalue weighted by Gasteiger charge is -2.02. The van der Waals surface area contributed by atoms with Crippen LogP contribution < -0.4 is 5.43 Å². The van der Waals surface area contributed by atoms with Crippen LogP contribution in [0.15, 0.2) is 23.0 Å². The third-order valence-electron chi connectivity index (χ3n) is 2.53. The molecule has 0 radical (unpaired) electrons. The lowest BCUT2D eigenvalue weighted by atomic mass is 10.1. The Morgan fingerprint density at radius 2 is 1.80 bits per heavy atom. The van der Waals surface area contributed by atoms with Crippen molar-refractivity contribution in [2.45, 2.75) is 0 Å². The highest BCUT2D eigenvalue weighted by molar-refractivity contribution is 5.94. The summed E-state index contributed by atoms with van der Waals surface area (Å²) in [5, 5.41) is 29.9. The van der Waals surface area contributed by atoms with Crippen LogP contribution in [0.25, 0.3) is 10.9 Å². The zero-order chi connectivity index (χ0) is 15.0. The fraction of sp³-hybridized carbons (Fsp3) is 0. The van der Waals surface area contributed by atoms with Crippen LogP contribution in [0.1, 0.15) is 10.5 Å². The van der Waals surface area contributed by atoms with E-state index in [9.17, 15) is 29.8 Å². The Balaban J connectivity index is 2.97. The molecule has 0 spiro atoms. The van der Waals surface area contributed by atoms with Crippen LogP contribution in [0, 0.1) is 20.2 Å². The fourth-order valence-electron chi connectivity index (χ4n) is 1.72. The summed E-state index contributed by atoms with van der Waals surface area (Å²) in [6, 6.07) is 2.21. The first-order valence-electron chi connectivity index (χ1n) is 5.04. The van der Waals surface area contributed by atoms with Crippen molar-refractivity contribution in [3.63, 3.8) is 0 Å². The highest BCUT2D eigenvalue weighted by atomic mass is 16.6. The lowest BCUT2D eigenvalue weighted by Crippen LogP contribution is -2.11. The molecule has 0 aliphatic heterocycles. The van der Waals surface area contributed by atoms with Gasteiger partial charge in [-0.1, -0.05) is 0 Å². The number of aromatic nitrogens is 1. The first-order chi connectivity index (χ1) is 9.31. The molecule has 0 saturated heterocycles. The van der Waals surface area contributed by atoms with E-state index >= 15 is 0 Å². The molecule has 2 aromatic rings. The predicted octanol–water partition coefficient (Wildman–Crippen LogP) is 1.04. The summed E-state index contributed by atoms with van der Waals surface area (Å²) in [7, 11) is 0. The minimum absolute atomic E-state index is 0.282. The third kappa shape index (κ3) is 2.05.